The molecule has 6 rings (SSSR count). The maximum absolute atomic E-state index is 12.8. The Balaban J connectivity index is 1.16. The summed E-state index contributed by atoms with van der Waals surface area (Å²) in [5, 5.41) is 3.27. The average molecular weight is 411 g/mol. The van der Waals surface area contributed by atoms with Gasteiger partial charge in [0, 0.05) is 11.6 Å². The standard InChI is InChI=1S/C24H29NO5/c1-15(23(27)25-24-12-17-8-18(13-24)10-19(9-17)14-24)30-22(26)5-3-16-2-4-20-21(11-16)29-7-6-28-20/h2-5,11,15,17-19H,6-10,12-14H2,1H3,(H,25,27)/b5-3+/t15-,17?,18?,19?,24?/m0/s1. The van der Waals surface area contributed by atoms with E-state index >= 15 is 0 Å². The van der Waals surface area contributed by atoms with Crippen LogP contribution in [0.4, 0.5) is 0 Å². The fourth-order valence-electron chi connectivity index (χ4n) is 6.22. The first kappa shape index (κ1) is 19.5. The van der Waals surface area contributed by atoms with Gasteiger partial charge in [-0.1, -0.05) is 6.07 Å². The third-order valence-corrected chi connectivity index (χ3v) is 7.07. The molecule has 30 heavy (non-hydrogen) atoms. The molecule has 4 bridgehead atoms. The lowest BCUT2D eigenvalue weighted by atomic mass is 9.53. The topological polar surface area (TPSA) is 73.9 Å². The molecule has 1 heterocycles. The number of nitrogens with one attached hydrogen (secondary N) is 1. The SMILES string of the molecule is C[C@H](OC(=O)/C=C/c1ccc2c(c1)OCCO2)C(=O)NC12CC3CC(CC(C3)C1)C2. The highest BCUT2D eigenvalue weighted by atomic mass is 16.6. The van der Waals surface area contributed by atoms with Crippen LogP contribution >= 0.6 is 0 Å². The van der Waals surface area contributed by atoms with Gasteiger partial charge < -0.3 is 19.5 Å². The van der Waals surface area contributed by atoms with Crippen LogP contribution in [0.15, 0.2) is 24.3 Å². The van der Waals surface area contributed by atoms with Gasteiger partial charge in [0.1, 0.15) is 13.2 Å². The summed E-state index contributed by atoms with van der Waals surface area (Å²) in [4.78, 5) is 25.0. The van der Waals surface area contributed by atoms with E-state index in [1.165, 1.54) is 25.3 Å². The van der Waals surface area contributed by atoms with Crippen molar-refractivity contribution in [1.29, 1.82) is 0 Å². The van der Waals surface area contributed by atoms with E-state index < -0.39 is 12.1 Å². The first-order chi connectivity index (χ1) is 14.5. The fraction of sp³-hybridized carbons (Fsp3) is 0.583. The van der Waals surface area contributed by atoms with Crippen LogP contribution in [0.3, 0.4) is 0 Å². The molecule has 4 aliphatic carbocycles. The molecule has 4 saturated carbocycles. The van der Waals surface area contributed by atoms with Gasteiger partial charge in [0.05, 0.1) is 0 Å². The van der Waals surface area contributed by atoms with E-state index in [2.05, 4.69) is 5.32 Å². The molecule has 0 saturated heterocycles. The molecular weight excluding hydrogens is 382 g/mol. The molecule has 6 nitrogen and oxygen atoms in total. The van der Waals surface area contributed by atoms with Gasteiger partial charge in [-0.2, -0.15) is 0 Å². The second-order valence-corrected chi connectivity index (χ2v) is 9.50. The highest BCUT2D eigenvalue weighted by Crippen LogP contribution is 2.55. The normalized spacial score (nSPS) is 32.1. The fourth-order valence-corrected chi connectivity index (χ4v) is 6.22. The molecule has 5 aliphatic rings. The number of rotatable bonds is 5. The lowest BCUT2D eigenvalue weighted by molar-refractivity contribution is -0.152. The predicted octanol–water partition coefficient (Wildman–Crippen LogP) is 3.49. The number of hydrogen-bond donors (Lipinski definition) is 1. The Labute approximate surface area is 177 Å². The second kappa shape index (κ2) is 7.64. The highest BCUT2D eigenvalue weighted by Gasteiger charge is 2.51. The Morgan fingerprint density at radius 2 is 1.70 bits per heavy atom. The van der Waals surface area contributed by atoms with E-state index in [0.717, 1.165) is 42.6 Å². The second-order valence-electron chi connectivity index (χ2n) is 9.50. The lowest BCUT2D eigenvalue weighted by Gasteiger charge is -2.57. The van der Waals surface area contributed by atoms with Crippen LogP contribution in [-0.2, 0) is 14.3 Å². The number of benzene rings is 1. The lowest BCUT2D eigenvalue weighted by Crippen LogP contribution is -2.61. The van der Waals surface area contributed by atoms with E-state index in [1.807, 2.05) is 18.2 Å². The zero-order valence-electron chi connectivity index (χ0n) is 17.4. The summed E-state index contributed by atoms with van der Waals surface area (Å²) in [6.07, 6.45) is 9.40. The average Bonchev–Trinajstić information content (AvgIpc) is 2.70. The van der Waals surface area contributed by atoms with Gasteiger partial charge in [-0.05, 0) is 87.0 Å². The van der Waals surface area contributed by atoms with Crippen molar-refractivity contribution in [2.75, 3.05) is 13.2 Å². The summed E-state index contributed by atoms with van der Waals surface area (Å²) in [5.41, 5.74) is 0.731. The van der Waals surface area contributed by atoms with E-state index in [0.29, 0.717) is 24.7 Å². The van der Waals surface area contributed by atoms with Gasteiger partial charge in [0.2, 0.25) is 0 Å². The third kappa shape index (κ3) is 3.92. The Bertz CT molecular complexity index is 841. The van der Waals surface area contributed by atoms with Crippen LogP contribution in [-0.4, -0.2) is 36.7 Å². The van der Waals surface area contributed by atoms with Gasteiger partial charge in [-0.25, -0.2) is 4.79 Å². The Hall–Kier alpha value is -2.50. The molecule has 160 valence electrons. The number of hydrogen-bond acceptors (Lipinski definition) is 5. The van der Waals surface area contributed by atoms with Crippen LogP contribution in [0, 0.1) is 17.8 Å². The van der Waals surface area contributed by atoms with Crippen molar-refractivity contribution in [3.8, 4) is 11.5 Å². The first-order valence-corrected chi connectivity index (χ1v) is 11.1. The van der Waals surface area contributed by atoms with Crippen molar-refractivity contribution in [3.63, 3.8) is 0 Å². The number of carbonyl (C=O) groups excluding carboxylic acids is 2. The molecule has 4 fully saturated rings. The smallest absolute Gasteiger partial charge is 0.331 e. The monoisotopic (exact) mass is 411 g/mol. The summed E-state index contributed by atoms with van der Waals surface area (Å²) >= 11 is 0. The molecule has 6 heteroatoms. The van der Waals surface area contributed by atoms with Crippen molar-refractivity contribution in [1.82, 2.24) is 5.32 Å². The number of fused-ring (bicyclic) bond motifs is 1. The van der Waals surface area contributed by atoms with Crippen LogP contribution in [0.2, 0.25) is 0 Å². The van der Waals surface area contributed by atoms with Crippen LogP contribution in [0.25, 0.3) is 6.08 Å². The van der Waals surface area contributed by atoms with Crippen molar-refractivity contribution in [2.45, 2.75) is 57.1 Å². The zero-order valence-corrected chi connectivity index (χ0v) is 17.4. The molecule has 1 N–H and O–H groups in total. The van der Waals surface area contributed by atoms with Gasteiger partial charge in [-0.15, -0.1) is 0 Å². The number of amides is 1. The Kier molecular flexibility index (Phi) is 4.95. The first-order valence-electron chi connectivity index (χ1n) is 11.1. The molecular formula is C24H29NO5. The molecule has 0 aromatic heterocycles. The van der Waals surface area contributed by atoms with Crippen LogP contribution in [0.5, 0.6) is 11.5 Å². The summed E-state index contributed by atoms with van der Waals surface area (Å²) in [5.74, 6) is 2.92. The Morgan fingerprint density at radius 1 is 1.07 bits per heavy atom. The third-order valence-electron chi connectivity index (χ3n) is 7.07. The molecule has 1 atom stereocenters. The Morgan fingerprint density at radius 3 is 2.37 bits per heavy atom. The van der Waals surface area contributed by atoms with Gasteiger partial charge in [0.25, 0.3) is 5.91 Å². The minimum atomic E-state index is -0.810. The predicted molar refractivity (Wildman–Crippen MR) is 111 cm³/mol. The van der Waals surface area contributed by atoms with E-state index in [4.69, 9.17) is 14.2 Å². The van der Waals surface area contributed by atoms with E-state index in [9.17, 15) is 9.59 Å². The van der Waals surface area contributed by atoms with Crippen LogP contribution < -0.4 is 14.8 Å². The zero-order chi connectivity index (χ0) is 20.7. The molecule has 1 aromatic carbocycles. The quantitative estimate of drug-likeness (QED) is 0.593. The summed E-state index contributed by atoms with van der Waals surface area (Å²) in [6.45, 7) is 2.70. The van der Waals surface area contributed by atoms with Crippen LogP contribution in [0.1, 0.15) is 51.0 Å². The number of esters is 1. The van der Waals surface area contributed by atoms with Gasteiger partial charge in [-0.3, -0.25) is 4.79 Å². The molecule has 0 unspecified atom stereocenters. The van der Waals surface area contributed by atoms with Crippen molar-refractivity contribution in [2.24, 2.45) is 17.8 Å². The maximum atomic E-state index is 12.8. The molecule has 1 amide bonds. The van der Waals surface area contributed by atoms with Gasteiger partial charge >= 0.3 is 5.97 Å². The van der Waals surface area contributed by atoms with Gasteiger partial charge in [0.15, 0.2) is 17.6 Å². The summed E-state index contributed by atoms with van der Waals surface area (Å²) < 4.78 is 16.4. The van der Waals surface area contributed by atoms with Crippen molar-refractivity contribution < 1.29 is 23.8 Å². The van der Waals surface area contributed by atoms with Crippen molar-refractivity contribution >= 4 is 18.0 Å². The summed E-state index contributed by atoms with van der Waals surface area (Å²) in [6, 6.07) is 5.49. The molecule has 0 spiro atoms. The number of carbonyl (C=O) groups is 2. The minimum absolute atomic E-state index is 0.0759. The maximum Gasteiger partial charge on any atom is 0.331 e. The minimum Gasteiger partial charge on any atom is -0.486 e. The highest BCUT2D eigenvalue weighted by molar-refractivity contribution is 5.90. The van der Waals surface area contributed by atoms with E-state index in [-0.39, 0.29) is 11.4 Å². The number of ether oxygens (including phenoxy) is 3. The van der Waals surface area contributed by atoms with Crippen molar-refractivity contribution in [3.05, 3.63) is 29.8 Å². The molecule has 1 aliphatic heterocycles. The van der Waals surface area contributed by atoms with E-state index in [1.54, 1.807) is 13.0 Å². The molecule has 0 radical (unpaired) electrons. The molecule has 1 aromatic rings. The summed E-state index contributed by atoms with van der Waals surface area (Å²) in [7, 11) is 0. The largest absolute Gasteiger partial charge is 0.486 e.